The Labute approximate surface area is 137 Å². The van der Waals surface area contributed by atoms with E-state index >= 15 is 0 Å². The molecule has 2 aromatic rings. The molecule has 0 aromatic heterocycles. The zero-order valence-corrected chi connectivity index (χ0v) is 13.7. The summed E-state index contributed by atoms with van der Waals surface area (Å²) in [6.45, 7) is 2.88. The molecule has 2 atom stereocenters. The summed E-state index contributed by atoms with van der Waals surface area (Å²) in [6, 6.07) is 14.8. The van der Waals surface area contributed by atoms with Gasteiger partial charge in [-0.2, -0.15) is 0 Å². The highest BCUT2D eigenvalue weighted by Gasteiger charge is 2.12. The number of hydrogen-bond donors (Lipinski definition) is 3. The lowest BCUT2D eigenvalue weighted by Crippen LogP contribution is -2.31. The summed E-state index contributed by atoms with van der Waals surface area (Å²) >= 11 is 0. The van der Waals surface area contributed by atoms with Gasteiger partial charge in [-0.15, -0.1) is 0 Å². The highest BCUT2D eigenvalue weighted by molar-refractivity contribution is 5.28. The molecule has 0 saturated carbocycles. The van der Waals surface area contributed by atoms with Gasteiger partial charge in [-0.05, 0) is 55.2 Å². The molecule has 2 rings (SSSR count). The van der Waals surface area contributed by atoms with Crippen molar-refractivity contribution in [3.63, 3.8) is 0 Å². The summed E-state index contributed by atoms with van der Waals surface area (Å²) < 4.78 is 5.53. The van der Waals surface area contributed by atoms with Crippen LogP contribution >= 0.6 is 0 Å². The van der Waals surface area contributed by atoms with Gasteiger partial charge in [0.05, 0.1) is 6.10 Å². The standard InChI is InChI=1S/C19H25NO3/c1-14(3-4-15-5-9-17(21)10-6-15)20-13-19(23-2)16-7-11-18(22)12-8-16/h5-12,14,19-22H,3-4,13H2,1-2H3/t14-,19-/m1/s1. The Morgan fingerprint density at radius 2 is 1.52 bits per heavy atom. The number of hydrogen-bond acceptors (Lipinski definition) is 4. The average molecular weight is 315 g/mol. The minimum atomic E-state index is -0.0354. The second-order valence-electron chi connectivity index (χ2n) is 5.83. The summed E-state index contributed by atoms with van der Waals surface area (Å²) in [5.41, 5.74) is 2.27. The van der Waals surface area contributed by atoms with Gasteiger partial charge in [0.1, 0.15) is 11.5 Å². The molecule has 23 heavy (non-hydrogen) atoms. The van der Waals surface area contributed by atoms with Crippen molar-refractivity contribution in [1.82, 2.24) is 5.32 Å². The van der Waals surface area contributed by atoms with Crippen LogP contribution in [0.25, 0.3) is 0 Å². The number of benzene rings is 2. The lowest BCUT2D eigenvalue weighted by atomic mass is 10.1. The summed E-state index contributed by atoms with van der Waals surface area (Å²) in [7, 11) is 1.69. The number of aryl methyl sites for hydroxylation is 1. The first-order valence-corrected chi connectivity index (χ1v) is 7.91. The fourth-order valence-electron chi connectivity index (χ4n) is 2.48. The van der Waals surface area contributed by atoms with Crippen molar-refractivity contribution >= 4 is 0 Å². The first-order chi connectivity index (χ1) is 11.1. The smallest absolute Gasteiger partial charge is 0.115 e. The topological polar surface area (TPSA) is 61.7 Å². The van der Waals surface area contributed by atoms with Crippen molar-refractivity contribution in [2.24, 2.45) is 0 Å². The van der Waals surface area contributed by atoms with Crippen LogP contribution in [-0.4, -0.2) is 29.9 Å². The molecule has 0 aliphatic rings. The molecule has 0 heterocycles. The minimum Gasteiger partial charge on any atom is -0.508 e. The van der Waals surface area contributed by atoms with Crippen molar-refractivity contribution in [3.05, 3.63) is 59.7 Å². The highest BCUT2D eigenvalue weighted by Crippen LogP contribution is 2.19. The maximum atomic E-state index is 9.35. The number of ether oxygens (including phenoxy) is 1. The van der Waals surface area contributed by atoms with E-state index in [9.17, 15) is 10.2 Å². The molecule has 0 spiro atoms. The molecule has 4 heteroatoms. The minimum absolute atomic E-state index is 0.0354. The third-order valence-corrected chi connectivity index (χ3v) is 4.00. The predicted molar refractivity (Wildman–Crippen MR) is 91.7 cm³/mol. The van der Waals surface area contributed by atoms with Gasteiger partial charge in [0.25, 0.3) is 0 Å². The molecule has 3 N–H and O–H groups in total. The van der Waals surface area contributed by atoms with E-state index in [1.807, 2.05) is 24.3 Å². The van der Waals surface area contributed by atoms with E-state index in [2.05, 4.69) is 12.2 Å². The van der Waals surface area contributed by atoms with Crippen LogP contribution in [0.4, 0.5) is 0 Å². The number of phenols is 2. The largest absolute Gasteiger partial charge is 0.508 e. The van der Waals surface area contributed by atoms with Crippen molar-refractivity contribution in [1.29, 1.82) is 0 Å². The van der Waals surface area contributed by atoms with E-state index < -0.39 is 0 Å². The molecular formula is C19H25NO3. The van der Waals surface area contributed by atoms with Crippen molar-refractivity contribution < 1.29 is 14.9 Å². The molecule has 4 nitrogen and oxygen atoms in total. The fourth-order valence-corrected chi connectivity index (χ4v) is 2.48. The maximum Gasteiger partial charge on any atom is 0.115 e. The van der Waals surface area contributed by atoms with Gasteiger partial charge in [0.2, 0.25) is 0 Å². The first-order valence-electron chi connectivity index (χ1n) is 7.91. The van der Waals surface area contributed by atoms with E-state index in [1.54, 1.807) is 31.4 Å². The lowest BCUT2D eigenvalue weighted by Gasteiger charge is -2.20. The molecule has 0 saturated heterocycles. The molecule has 0 aliphatic carbocycles. The maximum absolute atomic E-state index is 9.35. The van der Waals surface area contributed by atoms with Gasteiger partial charge in [0, 0.05) is 19.7 Å². The van der Waals surface area contributed by atoms with Crippen molar-refractivity contribution in [2.45, 2.75) is 31.9 Å². The molecule has 0 radical (unpaired) electrons. The lowest BCUT2D eigenvalue weighted by molar-refractivity contribution is 0.0996. The van der Waals surface area contributed by atoms with Crippen LogP contribution < -0.4 is 5.32 Å². The van der Waals surface area contributed by atoms with Crippen LogP contribution in [-0.2, 0) is 11.2 Å². The van der Waals surface area contributed by atoms with Crippen molar-refractivity contribution in [3.8, 4) is 11.5 Å². The number of methoxy groups -OCH3 is 1. The van der Waals surface area contributed by atoms with Crippen LogP contribution in [0.3, 0.4) is 0 Å². The van der Waals surface area contributed by atoms with E-state index in [-0.39, 0.29) is 11.9 Å². The molecule has 124 valence electrons. The monoisotopic (exact) mass is 315 g/mol. The van der Waals surface area contributed by atoms with E-state index in [0.717, 1.165) is 24.9 Å². The normalized spacial score (nSPS) is 13.7. The Bertz CT molecular complexity index is 581. The zero-order chi connectivity index (χ0) is 16.7. The highest BCUT2D eigenvalue weighted by atomic mass is 16.5. The van der Waals surface area contributed by atoms with E-state index in [1.165, 1.54) is 5.56 Å². The van der Waals surface area contributed by atoms with Gasteiger partial charge < -0.3 is 20.3 Å². The SMILES string of the molecule is CO[C@H](CN[C@H](C)CCc1ccc(O)cc1)c1ccc(O)cc1. The molecule has 0 unspecified atom stereocenters. The Balaban J connectivity index is 1.79. The van der Waals surface area contributed by atoms with E-state index in [0.29, 0.717) is 11.8 Å². The summed E-state index contributed by atoms with van der Waals surface area (Å²) in [4.78, 5) is 0. The Morgan fingerprint density at radius 1 is 0.957 bits per heavy atom. The summed E-state index contributed by atoms with van der Waals surface area (Å²) in [5, 5.41) is 22.1. The van der Waals surface area contributed by atoms with Gasteiger partial charge in [-0.25, -0.2) is 0 Å². The second-order valence-corrected chi connectivity index (χ2v) is 5.83. The number of nitrogens with one attached hydrogen (secondary N) is 1. The Morgan fingerprint density at radius 3 is 2.09 bits per heavy atom. The van der Waals surface area contributed by atoms with Crippen molar-refractivity contribution in [2.75, 3.05) is 13.7 Å². The summed E-state index contributed by atoms with van der Waals surface area (Å²) in [6.07, 6.45) is 1.94. The van der Waals surface area contributed by atoms with Crippen LogP contribution in [0.2, 0.25) is 0 Å². The molecule has 2 aromatic carbocycles. The fraction of sp³-hybridized carbons (Fsp3) is 0.368. The summed E-state index contributed by atoms with van der Waals surface area (Å²) in [5.74, 6) is 0.565. The van der Waals surface area contributed by atoms with Crippen LogP contribution in [0.5, 0.6) is 11.5 Å². The van der Waals surface area contributed by atoms with E-state index in [4.69, 9.17) is 4.74 Å². The quantitative estimate of drug-likeness (QED) is 0.699. The predicted octanol–water partition coefficient (Wildman–Crippen LogP) is 3.40. The van der Waals surface area contributed by atoms with Crippen LogP contribution in [0.1, 0.15) is 30.6 Å². The average Bonchev–Trinajstić information content (AvgIpc) is 2.56. The number of rotatable bonds is 8. The molecule has 0 aliphatic heterocycles. The molecular weight excluding hydrogens is 290 g/mol. The third-order valence-electron chi connectivity index (χ3n) is 4.00. The molecule has 0 fully saturated rings. The first kappa shape index (κ1) is 17.3. The second kappa shape index (κ2) is 8.56. The molecule has 0 amide bonds. The van der Waals surface area contributed by atoms with Gasteiger partial charge in [-0.3, -0.25) is 0 Å². The Hall–Kier alpha value is -2.04. The Kier molecular flexibility index (Phi) is 6.44. The van der Waals surface area contributed by atoms with Crippen LogP contribution in [0.15, 0.2) is 48.5 Å². The van der Waals surface area contributed by atoms with Crippen LogP contribution in [0, 0.1) is 0 Å². The molecule has 0 bridgehead atoms. The third kappa shape index (κ3) is 5.58. The van der Waals surface area contributed by atoms with Gasteiger partial charge in [0.15, 0.2) is 0 Å². The zero-order valence-electron chi connectivity index (χ0n) is 13.7. The number of aromatic hydroxyl groups is 2. The van der Waals surface area contributed by atoms with Gasteiger partial charge >= 0.3 is 0 Å². The van der Waals surface area contributed by atoms with Gasteiger partial charge in [-0.1, -0.05) is 24.3 Å². The number of phenolic OH excluding ortho intramolecular Hbond substituents is 2.